The number of carbonyl (C=O) groups is 3. The largest absolute Gasteiger partial charge is 0.356 e. The van der Waals surface area contributed by atoms with Gasteiger partial charge >= 0.3 is 0 Å². The average molecular weight is 337 g/mol. The van der Waals surface area contributed by atoms with Crippen molar-refractivity contribution in [1.82, 2.24) is 10.3 Å². The predicted molar refractivity (Wildman–Crippen MR) is 89.6 cm³/mol. The van der Waals surface area contributed by atoms with Crippen molar-refractivity contribution in [1.29, 1.82) is 0 Å². The fourth-order valence-corrected chi connectivity index (χ4v) is 3.48. The number of nitrogens with zero attached hydrogens (tertiary/aromatic N) is 1. The number of aromatic nitrogens is 1. The van der Waals surface area contributed by atoms with Crippen molar-refractivity contribution < 1.29 is 14.4 Å². The van der Waals surface area contributed by atoms with E-state index in [0.717, 1.165) is 6.42 Å². The number of ketones is 1. The number of carbonyl (C=O) groups excluding carboxylic acids is 3. The Morgan fingerprint density at radius 1 is 1.35 bits per heavy atom. The molecule has 1 aliphatic carbocycles. The van der Waals surface area contributed by atoms with Crippen molar-refractivity contribution in [3.8, 4) is 0 Å². The van der Waals surface area contributed by atoms with Crippen LogP contribution in [0.5, 0.6) is 0 Å². The Kier molecular flexibility index (Phi) is 5.87. The molecule has 126 valence electrons. The Morgan fingerprint density at radius 2 is 2.09 bits per heavy atom. The molecule has 1 heterocycles. The summed E-state index contributed by atoms with van der Waals surface area (Å²) in [5.41, 5.74) is 0.626. The number of rotatable bonds is 6. The number of fused-ring (bicyclic) bond motifs is 1. The fraction of sp³-hybridized carbons (Fsp3) is 0.625. The van der Waals surface area contributed by atoms with Crippen molar-refractivity contribution in [2.45, 2.75) is 46.5 Å². The highest BCUT2D eigenvalue weighted by Gasteiger charge is 2.32. The van der Waals surface area contributed by atoms with Gasteiger partial charge in [0.05, 0.1) is 16.5 Å². The van der Waals surface area contributed by atoms with Crippen molar-refractivity contribution >= 4 is 34.1 Å². The number of amides is 2. The van der Waals surface area contributed by atoms with Crippen molar-refractivity contribution in [3.05, 3.63) is 10.6 Å². The van der Waals surface area contributed by atoms with Crippen LogP contribution in [0.2, 0.25) is 0 Å². The first-order valence-electron chi connectivity index (χ1n) is 8.05. The Morgan fingerprint density at radius 3 is 2.74 bits per heavy atom. The summed E-state index contributed by atoms with van der Waals surface area (Å²) in [4.78, 5) is 41.0. The molecule has 0 radical (unpaired) electrons. The lowest BCUT2D eigenvalue weighted by atomic mass is 9.89. The van der Waals surface area contributed by atoms with Crippen LogP contribution in [-0.4, -0.2) is 29.1 Å². The van der Waals surface area contributed by atoms with Gasteiger partial charge in [0.25, 0.3) is 0 Å². The molecule has 1 aromatic rings. The van der Waals surface area contributed by atoms with Gasteiger partial charge in [-0.05, 0) is 12.8 Å². The van der Waals surface area contributed by atoms with E-state index in [0.29, 0.717) is 41.0 Å². The first-order valence-corrected chi connectivity index (χ1v) is 8.86. The first-order chi connectivity index (χ1) is 10.9. The molecule has 1 aliphatic rings. The minimum Gasteiger partial charge on any atom is -0.356 e. The lowest BCUT2D eigenvalue weighted by Crippen LogP contribution is -2.35. The van der Waals surface area contributed by atoms with Crippen LogP contribution < -0.4 is 10.6 Å². The Hall–Kier alpha value is -1.76. The van der Waals surface area contributed by atoms with E-state index in [1.165, 1.54) is 11.3 Å². The molecule has 1 aromatic heterocycles. The van der Waals surface area contributed by atoms with Gasteiger partial charge in [0.15, 0.2) is 10.9 Å². The number of hydrogen-bond acceptors (Lipinski definition) is 5. The Bertz CT molecular complexity index is 612. The molecule has 0 unspecified atom stereocenters. The van der Waals surface area contributed by atoms with Crippen LogP contribution in [-0.2, 0) is 16.0 Å². The topological polar surface area (TPSA) is 88.2 Å². The quantitative estimate of drug-likeness (QED) is 0.834. The molecule has 23 heavy (non-hydrogen) atoms. The summed E-state index contributed by atoms with van der Waals surface area (Å²) in [6.45, 7) is 6.46. The minimum atomic E-state index is -0.360. The van der Waals surface area contributed by atoms with E-state index < -0.39 is 0 Å². The zero-order chi connectivity index (χ0) is 17.0. The second-order valence-electron chi connectivity index (χ2n) is 5.98. The second-order valence-corrected chi connectivity index (χ2v) is 6.98. The highest BCUT2D eigenvalue weighted by Crippen LogP contribution is 2.32. The Balaban J connectivity index is 2.06. The van der Waals surface area contributed by atoms with Crippen LogP contribution in [0.1, 0.15) is 55.4 Å². The normalized spacial score (nSPS) is 18.2. The van der Waals surface area contributed by atoms with E-state index in [1.54, 1.807) is 0 Å². The number of Topliss-reactive ketones (excluding diaryl/α,β-unsaturated/α-hetero) is 1. The molecule has 0 saturated heterocycles. The highest BCUT2D eigenvalue weighted by molar-refractivity contribution is 7.17. The molecule has 2 amide bonds. The van der Waals surface area contributed by atoms with Gasteiger partial charge in [-0.1, -0.05) is 31.6 Å². The van der Waals surface area contributed by atoms with Gasteiger partial charge in [-0.3, -0.25) is 14.4 Å². The molecular weight excluding hydrogens is 314 g/mol. The highest BCUT2D eigenvalue weighted by atomic mass is 32.1. The number of anilines is 1. The van der Waals surface area contributed by atoms with E-state index in [2.05, 4.69) is 15.6 Å². The van der Waals surface area contributed by atoms with Gasteiger partial charge in [-0.2, -0.15) is 0 Å². The lowest BCUT2D eigenvalue weighted by molar-refractivity contribution is -0.125. The fourth-order valence-electron chi connectivity index (χ4n) is 2.52. The third-order valence-corrected chi connectivity index (χ3v) is 5.08. The zero-order valence-electron chi connectivity index (χ0n) is 13.8. The van der Waals surface area contributed by atoms with Gasteiger partial charge in [0.2, 0.25) is 11.8 Å². The summed E-state index contributed by atoms with van der Waals surface area (Å²) in [5.74, 6) is -0.309. The summed E-state index contributed by atoms with van der Waals surface area (Å²) >= 11 is 1.21. The minimum absolute atomic E-state index is 0.0672. The van der Waals surface area contributed by atoms with Gasteiger partial charge < -0.3 is 10.6 Å². The molecule has 7 heteroatoms. The van der Waals surface area contributed by atoms with Gasteiger partial charge in [-0.25, -0.2) is 4.98 Å². The number of hydrogen-bond donors (Lipinski definition) is 2. The van der Waals surface area contributed by atoms with Crippen LogP contribution in [0.4, 0.5) is 5.13 Å². The zero-order valence-corrected chi connectivity index (χ0v) is 14.6. The maximum Gasteiger partial charge on any atom is 0.226 e. The van der Waals surface area contributed by atoms with Crippen LogP contribution in [0.25, 0.3) is 0 Å². The van der Waals surface area contributed by atoms with E-state index in [1.807, 2.05) is 20.8 Å². The molecule has 0 bridgehead atoms. The molecule has 2 rings (SSSR count). The molecular formula is C16H23N3O3S. The van der Waals surface area contributed by atoms with E-state index in [9.17, 15) is 14.4 Å². The SMILES string of the molecule is CCNC(=O)[C@@H]1CC(=O)c2sc(NC(=O)C[C@@H](C)CC)nc2C1. The number of nitrogens with one attached hydrogen (secondary N) is 2. The lowest BCUT2D eigenvalue weighted by Gasteiger charge is -2.18. The second kappa shape index (κ2) is 7.68. The summed E-state index contributed by atoms with van der Waals surface area (Å²) in [6, 6.07) is 0. The third-order valence-electron chi connectivity index (χ3n) is 4.02. The molecule has 6 nitrogen and oxygen atoms in total. The van der Waals surface area contributed by atoms with Gasteiger partial charge in [-0.15, -0.1) is 0 Å². The summed E-state index contributed by atoms with van der Waals surface area (Å²) < 4.78 is 0. The molecule has 2 atom stereocenters. The predicted octanol–water partition coefficient (Wildman–Crippen LogP) is 2.40. The number of thiazole rings is 1. The first kappa shape index (κ1) is 17.6. The summed E-state index contributed by atoms with van der Waals surface area (Å²) in [5, 5.41) is 5.97. The van der Waals surface area contributed by atoms with Crippen LogP contribution in [0.15, 0.2) is 0 Å². The van der Waals surface area contributed by atoms with Gasteiger partial charge in [0.1, 0.15) is 0 Å². The van der Waals surface area contributed by atoms with E-state index in [-0.39, 0.29) is 29.9 Å². The summed E-state index contributed by atoms with van der Waals surface area (Å²) in [6.07, 6.45) is 2.04. The molecule has 0 aromatic carbocycles. The smallest absolute Gasteiger partial charge is 0.226 e. The summed E-state index contributed by atoms with van der Waals surface area (Å²) in [7, 11) is 0. The molecule has 0 saturated carbocycles. The standard InChI is InChI=1S/C16H23N3O3S/c1-4-9(3)6-13(21)19-16-18-11-7-10(15(22)17-5-2)8-12(20)14(11)23-16/h9-10H,4-8H2,1-3H3,(H,17,22)(H,18,19,21)/t9-,10-/m0/s1. The van der Waals surface area contributed by atoms with E-state index >= 15 is 0 Å². The third kappa shape index (κ3) is 4.37. The molecule has 0 aliphatic heterocycles. The monoisotopic (exact) mass is 337 g/mol. The maximum atomic E-state index is 12.2. The van der Waals surface area contributed by atoms with Crippen LogP contribution in [0.3, 0.4) is 0 Å². The molecule has 0 fully saturated rings. The Labute approximate surface area is 140 Å². The van der Waals surface area contributed by atoms with Gasteiger partial charge in [0, 0.05) is 25.8 Å². The molecule has 0 spiro atoms. The van der Waals surface area contributed by atoms with Crippen molar-refractivity contribution in [2.75, 3.05) is 11.9 Å². The van der Waals surface area contributed by atoms with Crippen LogP contribution in [0, 0.1) is 11.8 Å². The van der Waals surface area contributed by atoms with E-state index in [4.69, 9.17) is 0 Å². The van der Waals surface area contributed by atoms with Crippen LogP contribution >= 0.6 is 11.3 Å². The van der Waals surface area contributed by atoms with Crippen molar-refractivity contribution in [3.63, 3.8) is 0 Å². The maximum absolute atomic E-state index is 12.2. The average Bonchev–Trinajstić information content (AvgIpc) is 2.90. The van der Waals surface area contributed by atoms with Crippen molar-refractivity contribution in [2.24, 2.45) is 11.8 Å². The molecule has 2 N–H and O–H groups in total.